The summed E-state index contributed by atoms with van der Waals surface area (Å²) in [5.74, 6) is 0. The monoisotopic (exact) mass is 742 g/mol. The summed E-state index contributed by atoms with van der Waals surface area (Å²) in [7, 11) is 0. The zero-order chi connectivity index (χ0) is 37.9. The van der Waals surface area contributed by atoms with Gasteiger partial charge in [-0.05, 0) is 129 Å². The molecule has 270 valence electrons. The molecule has 0 radical (unpaired) electrons. The first-order chi connectivity index (χ1) is 28.7. The molecule has 13 aromatic rings. The highest BCUT2D eigenvalue weighted by atomic mass is 16.4. The highest BCUT2D eigenvalue weighted by Gasteiger charge is 2.18. The Balaban J connectivity index is 0.887. The number of hydrogen-bond acceptors (Lipinski definition) is 4. The molecule has 4 heterocycles. The van der Waals surface area contributed by atoms with Crippen LogP contribution in [0, 0.1) is 0 Å². The van der Waals surface area contributed by atoms with E-state index in [4.69, 9.17) is 17.7 Å². The number of benzene rings is 9. The van der Waals surface area contributed by atoms with E-state index < -0.39 is 0 Å². The van der Waals surface area contributed by atoms with Gasteiger partial charge in [-0.15, -0.1) is 0 Å². The Morgan fingerprint density at radius 3 is 0.879 bits per heavy atom. The van der Waals surface area contributed by atoms with Gasteiger partial charge in [-0.1, -0.05) is 97.1 Å². The average molecular weight is 743 g/mol. The van der Waals surface area contributed by atoms with Crippen LogP contribution in [-0.2, 0) is 0 Å². The van der Waals surface area contributed by atoms with Crippen LogP contribution in [0.4, 0.5) is 0 Å². The largest absolute Gasteiger partial charge is 0.456 e. The zero-order valence-electron chi connectivity index (χ0n) is 31.0. The minimum Gasteiger partial charge on any atom is -0.456 e. The minimum absolute atomic E-state index is 0.757. The molecule has 0 aliphatic rings. The lowest BCUT2D eigenvalue weighted by molar-refractivity contribution is 0.633. The molecule has 0 fully saturated rings. The van der Waals surface area contributed by atoms with Crippen LogP contribution >= 0.6 is 0 Å². The molecule has 0 spiro atoms. The van der Waals surface area contributed by atoms with Gasteiger partial charge in [0.1, 0.15) is 33.5 Å². The van der Waals surface area contributed by atoms with E-state index in [1.807, 2.05) is 12.1 Å². The van der Waals surface area contributed by atoms with Crippen LogP contribution in [-0.4, -0.2) is 0 Å². The fourth-order valence-electron chi connectivity index (χ4n) is 8.96. The van der Waals surface area contributed by atoms with Gasteiger partial charge in [0, 0.05) is 43.1 Å². The van der Waals surface area contributed by atoms with Crippen LogP contribution in [0.15, 0.2) is 200 Å². The third-order valence-electron chi connectivity index (χ3n) is 11.9. The van der Waals surface area contributed by atoms with Gasteiger partial charge in [0.25, 0.3) is 0 Å². The second-order valence-electron chi connectivity index (χ2n) is 15.2. The number of rotatable bonds is 4. The average Bonchev–Trinajstić information content (AvgIpc) is 4.05. The Morgan fingerprint density at radius 1 is 0.190 bits per heavy atom. The summed E-state index contributed by atoms with van der Waals surface area (Å²) in [6.45, 7) is 0. The van der Waals surface area contributed by atoms with Crippen molar-refractivity contribution in [1.29, 1.82) is 0 Å². The van der Waals surface area contributed by atoms with Gasteiger partial charge < -0.3 is 17.7 Å². The molecule has 0 unspecified atom stereocenters. The Hall–Kier alpha value is -7.82. The highest BCUT2D eigenvalue weighted by molar-refractivity contribution is 6.19. The predicted octanol–water partition coefficient (Wildman–Crippen LogP) is 16.0. The first-order valence-electron chi connectivity index (χ1n) is 19.5. The third kappa shape index (κ3) is 4.69. The maximum Gasteiger partial charge on any atom is 0.178 e. The molecule has 0 aliphatic carbocycles. The molecule has 0 aliphatic heterocycles. The molecule has 0 atom stereocenters. The maximum absolute atomic E-state index is 6.68. The number of fused-ring (bicyclic) bond motifs is 13. The van der Waals surface area contributed by atoms with Crippen molar-refractivity contribution in [2.75, 3.05) is 0 Å². The predicted molar refractivity (Wildman–Crippen MR) is 237 cm³/mol. The van der Waals surface area contributed by atoms with E-state index in [9.17, 15) is 0 Å². The molecule has 9 aromatic carbocycles. The second-order valence-corrected chi connectivity index (χ2v) is 15.2. The molecule has 0 saturated heterocycles. The van der Waals surface area contributed by atoms with Crippen LogP contribution in [0.5, 0.6) is 0 Å². The van der Waals surface area contributed by atoms with Crippen molar-refractivity contribution in [3.8, 4) is 44.5 Å². The molecule has 58 heavy (non-hydrogen) atoms. The van der Waals surface area contributed by atoms with Gasteiger partial charge in [0.15, 0.2) is 11.2 Å². The molecular formula is C54H30O4. The third-order valence-corrected chi connectivity index (χ3v) is 11.9. The smallest absolute Gasteiger partial charge is 0.178 e. The standard InChI is InChI=1S/C54H30O4/c1-3-7-31(8-4-1)33-13-21-47-43(25-33)45-27-35(15-23-49(45)55-47)37-11-17-39-41-19-20-42-40-18-12-38(30-52(40)58-54(42)53(41)57-51(39)29-37)36-16-24-50-46(28-36)44-26-34(14-22-48(44)56-50)32-9-5-2-6-10-32/h1-30H. The number of furan rings is 4. The van der Waals surface area contributed by atoms with Gasteiger partial charge in [-0.3, -0.25) is 0 Å². The summed E-state index contributed by atoms with van der Waals surface area (Å²) in [4.78, 5) is 0. The van der Waals surface area contributed by atoms with Crippen molar-refractivity contribution in [2.45, 2.75) is 0 Å². The molecule has 4 heteroatoms. The Kier molecular flexibility index (Phi) is 6.41. The topological polar surface area (TPSA) is 52.6 Å². The van der Waals surface area contributed by atoms with Crippen LogP contribution in [0.25, 0.3) is 132 Å². The van der Waals surface area contributed by atoms with Gasteiger partial charge in [-0.25, -0.2) is 0 Å². The van der Waals surface area contributed by atoms with Gasteiger partial charge in [-0.2, -0.15) is 0 Å². The molecule has 0 saturated carbocycles. The lowest BCUT2D eigenvalue weighted by Crippen LogP contribution is -1.79. The fourth-order valence-corrected chi connectivity index (χ4v) is 8.96. The summed E-state index contributed by atoms with van der Waals surface area (Å²) in [6, 6.07) is 63.9. The summed E-state index contributed by atoms with van der Waals surface area (Å²) >= 11 is 0. The van der Waals surface area contributed by atoms with E-state index in [0.717, 1.165) is 110 Å². The summed E-state index contributed by atoms with van der Waals surface area (Å²) < 4.78 is 25.9. The second kappa shape index (κ2) is 11.8. The summed E-state index contributed by atoms with van der Waals surface area (Å²) in [5.41, 5.74) is 15.7. The van der Waals surface area contributed by atoms with Gasteiger partial charge in [0.2, 0.25) is 0 Å². The Labute approximate surface area is 330 Å². The van der Waals surface area contributed by atoms with Gasteiger partial charge >= 0.3 is 0 Å². The molecule has 0 bridgehead atoms. The first kappa shape index (κ1) is 31.4. The van der Waals surface area contributed by atoms with Crippen LogP contribution in [0.2, 0.25) is 0 Å². The quantitative estimate of drug-likeness (QED) is 0.180. The first-order valence-corrected chi connectivity index (χ1v) is 19.5. The minimum atomic E-state index is 0.757. The van der Waals surface area contributed by atoms with E-state index in [2.05, 4.69) is 170 Å². The van der Waals surface area contributed by atoms with E-state index in [1.54, 1.807) is 0 Å². The van der Waals surface area contributed by atoms with Crippen LogP contribution in [0.1, 0.15) is 0 Å². The van der Waals surface area contributed by atoms with Crippen molar-refractivity contribution in [1.82, 2.24) is 0 Å². The zero-order valence-corrected chi connectivity index (χ0v) is 31.0. The van der Waals surface area contributed by atoms with E-state index in [1.165, 1.54) is 22.3 Å². The maximum atomic E-state index is 6.68. The van der Waals surface area contributed by atoms with Gasteiger partial charge in [0.05, 0.1) is 0 Å². The summed E-state index contributed by atoms with van der Waals surface area (Å²) in [5, 5.41) is 8.57. The molecule has 4 nitrogen and oxygen atoms in total. The van der Waals surface area contributed by atoms with Crippen molar-refractivity contribution in [3.63, 3.8) is 0 Å². The van der Waals surface area contributed by atoms with E-state index in [-0.39, 0.29) is 0 Å². The lowest BCUT2D eigenvalue weighted by atomic mass is 9.99. The molecule has 4 aromatic heterocycles. The highest BCUT2D eigenvalue weighted by Crippen LogP contribution is 2.42. The Morgan fingerprint density at radius 2 is 0.500 bits per heavy atom. The SMILES string of the molecule is c1ccc(-c2ccc3oc4ccc(-c5ccc6c(c5)oc5c6ccc6c7ccc(-c8ccc9oc%10ccc(-c%11ccccc%11)cc%10c9c8)cc7oc65)cc4c3c2)cc1. The normalized spacial score (nSPS) is 12.1. The van der Waals surface area contributed by atoms with Crippen LogP contribution < -0.4 is 0 Å². The van der Waals surface area contributed by atoms with Crippen molar-refractivity contribution < 1.29 is 17.7 Å². The number of hydrogen-bond donors (Lipinski definition) is 0. The Bertz CT molecular complexity index is 3530. The molecular weight excluding hydrogens is 713 g/mol. The van der Waals surface area contributed by atoms with Crippen molar-refractivity contribution in [3.05, 3.63) is 182 Å². The van der Waals surface area contributed by atoms with Crippen LogP contribution in [0.3, 0.4) is 0 Å². The molecule has 0 N–H and O–H groups in total. The van der Waals surface area contributed by atoms with Crippen molar-refractivity contribution >= 4 is 87.8 Å². The lowest BCUT2D eigenvalue weighted by Gasteiger charge is -2.03. The molecule has 13 rings (SSSR count). The molecule has 0 amide bonds. The summed E-state index contributed by atoms with van der Waals surface area (Å²) in [6.07, 6.45) is 0. The fraction of sp³-hybridized carbons (Fsp3) is 0. The van der Waals surface area contributed by atoms with E-state index >= 15 is 0 Å². The van der Waals surface area contributed by atoms with E-state index in [0.29, 0.717) is 0 Å². The van der Waals surface area contributed by atoms with Crippen molar-refractivity contribution in [2.24, 2.45) is 0 Å².